The van der Waals surface area contributed by atoms with Gasteiger partial charge in [-0.25, -0.2) is 13.1 Å². The minimum atomic E-state index is -3.60. The summed E-state index contributed by atoms with van der Waals surface area (Å²) >= 11 is 0. The van der Waals surface area contributed by atoms with Gasteiger partial charge >= 0.3 is 0 Å². The molecule has 0 saturated heterocycles. The molecule has 1 aliphatic heterocycles. The van der Waals surface area contributed by atoms with E-state index in [9.17, 15) is 13.2 Å². The van der Waals surface area contributed by atoms with E-state index in [1.165, 1.54) is 6.08 Å². The molecular formula is C23H28N2O5S. The van der Waals surface area contributed by atoms with Crippen molar-refractivity contribution >= 4 is 22.0 Å². The van der Waals surface area contributed by atoms with Gasteiger partial charge in [0.25, 0.3) is 0 Å². The molecule has 2 N–H and O–H groups in total. The Labute approximate surface area is 183 Å². The van der Waals surface area contributed by atoms with E-state index in [0.29, 0.717) is 12.3 Å². The van der Waals surface area contributed by atoms with Crippen LogP contribution in [-0.4, -0.2) is 39.6 Å². The highest BCUT2D eigenvalue weighted by Crippen LogP contribution is 2.41. The Balaban J connectivity index is 1.35. The molecule has 1 aliphatic rings. The molecule has 3 rings (SSSR count). The van der Waals surface area contributed by atoms with Gasteiger partial charge in [-0.05, 0) is 31.6 Å². The molecule has 0 spiro atoms. The summed E-state index contributed by atoms with van der Waals surface area (Å²) in [6.07, 6.45) is 2.37. The van der Waals surface area contributed by atoms with Crippen LogP contribution in [0, 0.1) is 0 Å². The average molecular weight is 445 g/mol. The average Bonchev–Trinajstić information content (AvgIpc) is 3.05. The van der Waals surface area contributed by atoms with Crippen molar-refractivity contribution < 1.29 is 22.7 Å². The van der Waals surface area contributed by atoms with Crippen LogP contribution in [0.25, 0.3) is 6.08 Å². The summed E-state index contributed by atoms with van der Waals surface area (Å²) in [5, 5.41) is 3.82. The van der Waals surface area contributed by atoms with Crippen molar-refractivity contribution in [2.75, 3.05) is 19.7 Å². The quantitative estimate of drug-likeness (QED) is 0.550. The molecule has 0 radical (unpaired) electrons. The smallest absolute Gasteiger partial charge is 0.233 e. The topological polar surface area (TPSA) is 93.7 Å². The summed E-state index contributed by atoms with van der Waals surface area (Å²) in [4.78, 5) is 11.9. The van der Waals surface area contributed by atoms with Crippen molar-refractivity contribution in [1.29, 1.82) is 0 Å². The van der Waals surface area contributed by atoms with E-state index in [-0.39, 0.29) is 31.1 Å². The number of hydrogen-bond donors (Lipinski definition) is 2. The van der Waals surface area contributed by atoms with Crippen LogP contribution in [0.15, 0.2) is 53.9 Å². The Bertz CT molecular complexity index is 1030. The van der Waals surface area contributed by atoms with Gasteiger partial charge in [0.2, 0.25) is 15.9 Å². The maximum Gasteiger partial charge on any atom is 0.233 e. The van der Waals surface area contributed by atoms with Gasteiger partial charge in [-0.15, -0.1) is 0 Å². The number of benzene rings is 2. The first kappa shape index (κ1) is 22.8. The lowest BCUT2D eigenvalue weighted by Gasteiger charge is -2.18. The summed E-state index contributed by atoms with van der Waals surface area (Å²) in [5.41, 5.74) is 1.64. The molecule has 0 bridgehead atoms. The molecule has 31 heavy (non-hydrogen) atoms. The maximum absolute atomic E-state index is 12.0. The Hall–Kier alpha value is -2.84. The fourth-order valence-corrected chi connectivity index (χ4v) is 4.05. The van der Waals surface area contributed by atoms with Crippen molar-refractivity contribution in [3.8, 4) is 11.5 Å². The minimum absolute atomic E-state index is 0.0171. The molecule has 0 unspecified atom stereocenters. The molecule has 8 heteroatoms. The monoisotopic (exact) mass is 444 g/mol. The van der Waals surface area contributed by atoms with Crippen LogP contribution in [0.2, 0.25) is 0 Å². The molecule has 0 atom stereocenters. The van der Waals surface area contributed by atoms with Crippen molar-refractivity contribution in [2.45, 2.75) is 32.3 Å². The predicted molar refractivity (Wildman–Crippen MR) is 120 cm³/mol. The van der Waals surface area contributed by atoms with Crippen molar-refractivity contribution in [3.05, 3.63) is 65.1 Å². The Kier molecular flexibility index (Phi) is 7.35. The van der Waals surface area contributed by atoms with E-state index >= 15 is 0 Å². The normalized spacial score (nSPS) is 14.8. The first-order valence-electron chi connectivity index (χ1n) is 10.2. The number of carbonyl (C=O) groups excluding carboxylic acids is 1. The first-order valence-corrected chi connectivity index (χ1v) is 11.7. The van der Waals surface area contributed by atoms with Gasteiger partial charge in [-0.1, -0.05) is 42.5 Å². The number of nitrogens with one attached hydrogen (secondary N) is 2. The lowest BCUT2D eigenvalue weighted by Crippen LogP contribution is -2.32. The van der Waals surface area contributed by atoms with Crippen LogP contribution < -0.4 is 19.5 Å². The largest absolute Gasteiger partial charge is 0.488 e. The van der Waals surface area contributed by atoms with E-state index in [1.54, 1.807) is 12.1 Å². The second kappa shape index (κ2) is 9.98. The third-order valence-electron chi connectivity index (χ3n) is 4.63. The number of ether oxygens (including phenoxy) is 2. The third kappa shape index (κ3) is 7.11. The molecule has 0 aromatic heterocycles. The fraction of sp³-hybridized carbons (Fsp3) is 0.348. The lowest BCUT2D eigenvalue weighted by atomic mass is 10.0. The van der Waals surface area contributed by atoms with E-state index in [1.807, 2.05) is 50.2 Å². The van der Waals surface area contributed by atoms with Crippen LogP contribution in [0.4, 0.5) is 0 Å². The van der Waals surface area contributed by atoms with E-state index in [0.717, 1.165) is 28.7 Å². The molecule has 2 aromatic rings. The number of amides is 1. The number of rotatable bonds is 10. The fourth-order valence-electron chi connectivity index (χ4n) is 3.23. The highest BCUT2D eigenvalue weighted by Gasteiger charge is 2.32. The molecular weight excluding hydrogens is 416 g/mol. The molecule has 1 heterocycles. The van der Waals surface area contributed by atoms with Crippen molar-refractivity contribution in [1.82, 2.24) is 10.0 Å². The van der Waals surface area contributed by atoms with Crippen LogP contribution >= 0.6 is 0 Å². The predicted octanol–water partition coefficient (Wildman–Crippen LogP) is 2.88. The van der Waals surface area contributed by atoms with Crippen LogP contribution in [0.5, 0.6) is 11.5 Å². The summed E-state index contributed by atoms with van der Waals surface area (Å²) in [6, 6.07) is 14.9. The number of para-hydroxylation sites is 1. The second-order valence-electron chi connectivity index (χ2n) is 7.88. The molecule has 166 valence electrons. The number of carbonyl (C=O) groups is 1. The SMILES string of the molecule is CC1(C)Cc2cccc(OCCNC(=O)CCNS(=O)(=O)/C=C/c3ccccc3)c2O1. The minimum Gasteiger partial charge on any atom is -0.488 e. The third-order valence-corrected chi connectivity index (χ3v) is 5.73. The van der Waals surface area contributed by atoms with Crippen molar-refractivity contribution in [2.24, 2.45) is 0 Å². The zero-order valence-electron chi connectivity index (χ0n) is 17.8. The maximum atomic E-state index is 12.0. The molecule has 0 fully saturated rings. The van der Waals surface area contributed by atoms with Gasteiger partial charge in [-0.3, -0.25) is 4.79 Å². The van der Waals surface area contributed by atoms with Gasteiger partial charge in [0.1, 0.15) is 12.2 Å². The molecule has 7 nitrogen and oxygen atoms in total. The summed E-state index contributed by atoms with van der Waals surface area (Å²) in [7, 11) is -3.60. The highest BCUT2D eigenvalue weighted by molar-refractivity contribution is 7.92. The Morgan fingerprint density at radius 1 is 1.13 bits per heavy atom. The van der Waals surface area contributed by atoms with Crippen LogP contribution in [0.3, 0.4) is 0 Å². The van der Waals surface area contributed by atoms with E-state index < -0.39 is 10.0 Å². The molecule has 2 aromatic carbocycles. The van der Waals surface area contributed by atoms with Gasteiger partial charge < -0.3 is 14.8 Å². The van der Waals surface area contributed by atoms with Crippen LogP contribution in [0.1, 0.15) is 31.4 Å². The standard InChI is InChI=1S/C23H28N2O5S/c1-23(2)17-19-9-6-10-20(22(19)30-23)29-15-14-24-21(26)11-13-25-31(27,28)16-12-18-7-4-3-5-8-18/h3-10,12,16,25H,11,13-15,17H2,1-2H3,(H,24,26)/b16-12+. The number of fused-ring (bicyclic) bond motifs is 1. The van der Waals surface area contributed by atoms with E-state index in [4.69, 9.17) is 9.47 Å². The number of hydrogen-bond acceptors (Lipinski definition) is 5. The second-order valence-corrected chi connectivity index (χ2v) is 9.53. The summed E-state index contributed by atoms with van der Waals surface area (Å²) in [6.45, 7) is 4.68. The molecule has 0 saturated carbocycles. The lowest BCUT2D eigenvalue weighted by molar-refractivity contribution is -0.121. The van der Waals surface area contributed by atoms with Gasteiger partial charge in [0.15, 0.2) is 11.5 Å². The summed E-state index contributed by atoms with van der Waals surface area (Å²) in [5.74, 6) is 1.17. The van der Waals surface area contributed by atoms with Crippen LogP contribution in [-0.2, 0) is 21.2 Å². The van der Waals surface area contributed by atoms with Crippen molar-refractivity contribution in [3.63, 3.8) is 0 Å². The molecule has 0 aliphatic carbocycles. The number of sulfonamides is 1. The zero-order valence-corrected chi connectivity index (χ0v) is 18.6. The summed E-state index contributed by atoms with van der Waals surface area (Å²) < 4.78 is 38.1. The van der Waals surface area contributed by atoms with E-state index in [2.05, 4.69) is 10.0 Å². The zero-order chi connectivity index (χ0) is 22.3. The van der Waals surface area contributed by atoms with Gasteiger partial charge in [0.05, 0.1) is 6.54 Å². The Morgan fingerprint density at radius 2 is 1.90 bits per heavy atom. The first-order chi connectivity index (χ1) is 14.7. The molecule has 1 amide bonds. The Morgan fingerprint density at radius 3 is 2.68 bits per heavy atom. The van der Waals surface area contributed by atoms with Gasteiger partial charge in [-0.2, -0.15) is 0 Å². The van der Waals surface area contributed by atoms with Gasteiger partial charge in [0, 0.05) is 30.4 Å². The highest BCUT2D eigenvalue weighted by atomic mass is 32.2.